The van der Waals surface area contributed by atoms with Crippen LogP contribution in [0.2, 0.25) is 0 Å². The number of aryl methyl sites for hydroxylation is 2. The van der Waals surface area contributed by atoms with E-state index in [0.29, 0.717) is 11.1 Å². The van der Waals surface area contributed by atoms with Crippen LogP contribution in [0.1, 0.15) is 49.9 Å². The number of ether oxygens (including phenoxy) is 1. The van der Waals surface area contributed by atoms with Crippen molar-refractivity contribution in [3.05, 3.63) is 70.3 Å². The Morgan fingerprint density at radius 3 is 2.62 bits per heavy atom. The first-order valence-electron chi connectivity index (χ1n) is 6.96. The van der Waals surface area contributed by atoms with Gasteiger partial charge in [-0.25, -0.2) is 4.79 Å². The number of Topliss-reactive ketones (excluding diaryl/α,β-unsaturated/α-hetero) is 1. The molecule has 0 unspecified atom stereocenters. The number of hydrogen-bond donors (Lipinski definition) is 0. The number of fused-ring (bicyclic) bond motifs is 1. The highest BCUT2D eigenvalue weighted by molar-refractivity contribution is 5.99. The summed E-state index contributed by atoms with van der Waals surface area (Å²) in [5.41, 5.74) is 4.28. The SMILES string of the molecule is Cc1ccc(C(=O)C[C@H]2OC(=O)c3ccccc32)cc1C. The zero-order valence-electron chi connectivity index (χ0n) is 12.1. The number of carbonyl (C=O) groups is 2. The maximum atomic E-state index is 12.4. The van der Waals surface area contributed by atoms with Crippen molar-refractivity contribution in [1.29, 1.82) is 0 Å². The van der Waals surface area contributed by atoms with Crippen LogP contribution in [0.4, 0.5) is 0 Å². The molecule has 1 heterocycles. The Morgan fingerprint density at radius 2 is 1.86 bits per heavy atom. The number of benzene rings is 2. The third kappa shape index (κ3) is 2.47. The van der Waals surface area contributed by atoms with Gasteiger partial charge in [-0.15, -0.1) is 0 Å². The second-order valence-corrected chi connectivity index (χ2v) is 5.41. The third-order valence-corrected chi connectivity index (χ3v) is 3.98. The quantitative estimate of drug-likeness (QED) is 0.634. The summed E-state index contributed by atoms with van der Waals surface area (Å²) in [5.74, 6) is -0.351. The Labute approximate surface area is 123 Å². The van der Waals surface area contributed by atoms with Gasteiger partial charge in [-0.05, 0) is 37.1 Å². The van der Waals surface area contributed by atoms with E-state index in [1.54, 1.807) is 12.1 Å². The fourth-order valence-electron chi connectivity index (χ4n) is 2.57. The van der Waals surface area contributed by atoms with Gasteiger partial charge in [0, 0.05) is 11.1 Å². The van der Waals surface area contributed by atoms with Crippen molar-refractivity contribution < 1.29 is 14.3 Å². The van der Waals surface area contributed by atoms with Crippen molar-refractivity contribution in [2.24, 2.45) is 0 Å². The average Bonchev–Trinajstić information content (AvgIpc) is 2.79. The minimum absolute atomic E-state index is 0.00685. The second kappa shape index (κ2) is 5.17. The fourth-order valence-corrected chi connectivity index (χ4v) is 2.57. The van der Waals surface area contributed by atoms with E-state index in [2.05, 4.69) is 0 Å². The monoisotopic (exact) mass is 280 g/mol. The molecule has 3 rings (SSSR count). The molecule has 0 amide bonds. The first-order valence-corrected chi connectivity index (χ1v) is 6.96. The summed E-state index contributed by atoms with van der Waals surface area (Å²) in [6.45, 7) is 4.00. The molecule has 0 aromatic heterocycles. The molecular weight excluding hydrogens is 264 g/mol. The average molecular weight is 280 g/mol. The highest BCUT2D eigenvalue weighted by Crippen LogP contribution is 2.33. The highest BCUT2D eigenvalue weighted by atomic mass is 16.5. The van der Waals surface area contributed by atoms with Crippen LogP contribution in [-0.2, 0) is 4.74 Å². The Balaban J connectivity index is 1.83. The Hall–Kier alpha value is -2.42. The van der Waals surface area contributed by atoms with E-state index < -0.39 is 6.10 Å². The van der Waals surface area contributed by atoms with Crippen molar-refractivity contribution in [2.45, 2.75) is 26.4 Å². The molecule has 2 aromatic rings. The first kappa shape index (κ1) is 13.6. The molecule has 0 radical (unpaired) electrons. The molecule has 106 valence electrons. The standard InChI is InChI=1S/C18H16O3/c1-11-7-8-13(9-12(11)2)16(19)10-17-14-5-3-4-6-15(14)18(20)21-17/h3-9,17H,10H2,1-2H3/t17-/m1/s1. The molecule has 1 atom stereocenters. The predicted octanol–water partition coefficient (Wildman–Crippen LogP) is 3.79. The largest absolute Gasteiger partial charge is 0.453 e. The van der Waals surface area contributed by atoms with Gasteiger partial charge in [0.15, 0.2) is 5.78 Å². The maximum Gasteiger partial charge on any atom is 0.339 e. The third-order valence-electron chi connectivity index (χ3n) is 3.98. The van der Waals surface area contributed by atoms with Crippen LogP contribution in [0, 0.1) is 13.8 Å². The van der Waals surface area contributed by atoms with Gasteiger partial charge in [-0.3, -0.25) is 4.79 Å². The lowest BCUT2D eigenvalue weighted by molar-refractivity contribution is 0.0367. The molecule has 1 aliphatic rings. The second-order valence-electron chi connectivity index (χ2n) is 5.41. The van der Waals surface area contributed by atoms with Crippen molar-refractivity contribution in [3.63, 3.8) is 0 Å². The summed E-state index contributed by atoms with van der Waals surface area (Å²) in [4.78, 5) is 24.1. The number of esters is 1. The van der Waals surface area contributed by atoms with E-state index in [9.17, 15) is 9.59 Å². The zero-order chi connectivity index (χ0) is 15.0. The Kier molecular flexibility index (Phi) is 3.34. The van der Waals surface area contributed by atoms with Gasteiger partial charge in [0.25, 0.3) is 0 Å². The van der Waals surface area contributed by atoms with Crippen molar-refractivity contribution in [1.82, 2.24) is 0 Å². The minimum Gasteiger partial charge on any atom is -0.453 e. The molecule has 0 N–H and O–H groups in total. The molecule has 0 saturated carbocycles. The molecule has 0 saturated heterocycles. The van der Waals surface area contributed by atoms with E-state index >= 15 is 0 Å². The van der Waals surface area contributed by atoms with Crippen LogP contribution >= 0.6 is 0 Å². The van der Waals surface area contributed by atoms with Gasteiger partial charge < -0.3 is 4.74 Å². The van der Waals surface area contributed by atoms with Gasteiger partial charge in [0.2, 0.25) is 0 Å². The van der Waals surface area contributed by atoms with Crippen molar-refractivity contribution >= 4 is 11.8 Å². The molecule has 21 heavy (non-hydrogen) atoms. The number of rotatable bonds is 3. The zero-order valence-corrected chi connectivity index (χ0v) is 12.1. The molecule has 1 aliphatic heterocycles. The van der Waals surface area contributed by atoms with E-state index in [1.807, 2.05) is 44.2 Å². The maximum absolute atomic E-state index is 12.4. The lowest BCUT2D eigenvalue weighted by atomic mass is 9.97. The summed E-state index contributed by atoms with van der Waals surface area (Å²) in [7, 11) is 0. The normalized spacial score (nSPS) is 16.5. The summed E-state index contributed by atoms with van der Waals surface area (Å²) in [6.07, 6.45) is -0.284. The van der Waals surface area contributed by atoms with Crippen LogP contribution in [0.5, 0.6) is 0 Å². The molecule has 3 heteroatoms. The molecule has 3 nitrogen and oxygen atoms in total. The van der Waals surface area contributed by atoms with E-state index in [-0.39, 0.29) is 18.2 Å². The van der Waals surface area contributed by atoms with Crippen molar-refractivity contribution in [2.75, 3.05) is 0 Å². The predicted molar refractivity (Wildman–Crippen MR) is 79.5 cm³/mol. The van der Waals surface area contributed by atoms with E-state index in [1.165, 1.54) is 0 Å². The summed E-state index contributed by atoms with van der Waals surface area (Å²) in [5, 5.41) is 0. The van der Waals surface area contributed by atoms with E-state index in [0.717, 1.165) is 16.7 Å². The number of carbonyl (C=O) groups excluding carboxylic acids is 2. The summed E-state index contributed by atoms with van der Waals surface area (Å²) < 4.78 is 5.32. The van der Waals surface area contributed by atoms with Crippen LogP contribution in [0.15, 0.2) is 42.5 Å². The number of cyclic esters (lactones) is 1. The topological polar surface area (TPSA) is 43.4 Å². The molecular formula is C18H16O3. The summed E-state index contributed by atoms with van der Waals surface area (Å²) >= 11 is 0. The lowest BCUT2D eigenvalue weighted by Gasteiger charge is -2.10. The fraction of sp³-hybridized carbons (Fsp3) is 0.222. The number of ketones is 1. The lowest BCUT2D eigenvalue weighted by Crippen LogP contribution is -2.08. The molecule has 2 aromatic carbocycles. The van der Waals surface area contributed by atoms with Crippen LogP contribution in [0.3, 0.4) is 0 Å². The summed E-state index contributed by atoms with van der Waals surface area (Å²) in [6, 6.07) is 12.9. The van der Waals surface area contributed by atoms with E-state index in [4.69, 9.17) is 4.74 Å². The number of hydrogen-bond acceptors (Lipinski definition) is 3. The first-order chi connectivity index (χ1) is 10.1. The highest BCUT2D eigenvalue weighted by Gasteiger charge is 2.32. The van der Waals surface area contributed by atoms with Gasteiger partial charge in [0.05, 0.1) is 12.0 Å². The van der Waals surface area contributed by atoms with Gasteiger partial charge in [-0.2, -0.15) is 0 Å². The molecule has 0 aliphatic carbocycles. The van der Waals surface area contributed by atoms with Gasteiger partial charge in [0.1, 0.15) is 6.10 Å². The molecule has 0 spiro atoms. The van der Waals surface area contributed by atoms with Crippen LogP contribution in [-0.4, -0.2) is 11.8 Å². The Bertz CT molecular complexity index is 731. The van der Waals surface area contributed by atoms with Gasteiger partial charge >= 0.3 is 5.97 Å². The minimum atomic E-state index is -0.470. The molecule has 0 fully saturated rings. The molecule has 0 bridgehead atoms. The van der Waals surface area contributed by atoms with Crippen LogP contribution < -0.4 is 0 Å². The van der Waals surface area contributed by atoms with Gasteiger partial charge in [-0.1, -0.05) is 30.3 Å². The Morgan fingerprint density at radius 1 is 1.10 bits per heavy atom. The van der Waals surface area contributed by atoms with Crippen LogP contribution in [0.25, 0.3) is 0 Å². The van der Waals surface area contributed by atoms with Crippen molar-refractivity contribution in [3.8, 4) is 0 Å². The smallest absolute Gasteiger partial charge is 0.339 e.